The van der Waals surface area contributed by atoms with Gasteiger partial charge in [0.05, 0.1) is 0 Å². The SMILES string of the molecule is CCOC(O)C(=O)C#CC(C)(C)OC1CCCCO1. The fourth-order valence-electron chi connectivity index (χ4n) is 1.67. The van der Waals surface area contributed by atoms with Gasteiger partial charge in [-0.15, -0.1) is 0 Å². The molecule has 0 aromatic carbocycles. The fraction of sp³-hybridized carbons (Fsp3) is 0.786. The molecule has 0 aliphatic carbocycles. The van der Waals surface area contributed by atoms with Crippen LogP contribution >= 0.6 is 0 Å². The molecule has 1 fully saturated rings. The minimum atomic E-state index is -1.49. The fourth-order valence-corrected chi connectivity index (χ4v) is 1.67. The zero-order valence-corrected chi connectivity index (χ0v) is 11.8. The van der Waals surface area contributed by atoms with E-state index in [1.54, 1.807) is 20.8 Å². The van der Waals surface area contributed by atoms with Crippen LogP contribution in [-0.2, 0) is 19.0 Å². The number of carbonyl (C=O) groups excluding carboxylic acids is 1. The molecule has 1 N–H and O–H groups in total. The Morgan fingerprint density at radius 2 is 2.26 bits per heavy atom. The third kappa shape index (κ3) is 6.17. The van der Waals surface area contributed by atoms with Gasteiger partial charge in [0.2, 0.25) is 6.29 Å². The Labute approximate surface area is 114 Å². The quantitative estimate of drug-likeness (QED) is 0.462. The maximum absolute atomic E-state index is 11.4. The summed E-state index contributed by atoms with van der Waals surface area (Å²) in [7, 11) is 0. The highest BCUT2D eigenvalue weighted by molar-refractivity contribution is 5.98. The van der Waals surface area contributed by atoms with E-state index < -0.39 is 17.7 Å². The second-order valence-corrected chi connectivity index (χ2v) is 4.85. The average molecular weight is 270 g/mol. The van der Waals surface area contributed by atoms with Crippen LogP contribution in [0.1, 0.15) is 40.0 Å². The first-order valence-electron chi connectivity index (χ1n) is 6.60. The first-order valence-corrected chi connectivity index (χ1v) is 6.60. The highest BCUT2D eigenvalue weighted by atomic mass is 16.7. The summed E-state index contributed by atoms with van der Waals surface area (Å²) in [6.07, 6.45) is 1.19. The van der Waals surface area contributed by atoms with Gasteiger partial charge in [-0.25, -0.2) is 0 Å². The van der Waals surface area contributed by atoms with Crippen molar-refractivity contribution in [3.8, 4) is 11.8 Å². The molecule has 0 saturated carbocycles. The van der Waals surface area contributed by atoms with Crippen LogP contribution in [0.25, 0.3) is 0 Å². The van der Waals surface area contributed by atoms with E-state index in [4.69, 9.17) is 14.2 Å². The molecule has 1 heterocycles. The molecule has 0 bridgehead atoms. The molecular weight excluding hydrogens is 248 g/mol. The van der Waals surface area contributed by atoms with Crippen molar-refractivity contribution in [3.05, 3.63) is 0 Å². The van der Waals surface area contributed by atoms with E-state index in [0.29, 0.717) is 6.61 Å². The lowest BCUT2D eigenvalue weighted by molar-refractivity contribution is -0.199. The number of hydrogen-bond acceptors (Lipinski definition) is 5. The van der Waals surface area contributed by atoms with Crippen LogP contribution in [-0.4, -0.2) is 42.3 Å². The number of hydrogen-bond donors (Lipinski definition) is 1. The van der Waals surface area contributed by atoms with E-state index in [1.165, 1.54) is 0 Å². The van der Waals surface area contributed by atoms with Crippen LogP contribution in [0.3, 0.4) is 0 Å². The van der Waals surface area contributed by atoms with E-state index in [-0.39, 0.29) is 12.9 Å². The number of carbonyl (C=O) groups is 1. The second-order valence-electron chi connectivity index (χ2n) is 4.85. The molecule has 0 radical (unpaired) electrons. The number of ketones is 1. The number of rotatable bonds is 5. The molecule has 0 amide bonds. The predicted molar refractivity (Wildman–Crippen MR) is 69.2 cm³/mol. The number of aliphatic hydroxyl groups is 1. The molecule has 2 unspecified atom stereocenters. The van der Waals surface area contributed by atoms with E-state index >= 15 is 0 Å². The molecule has 19 heavy (non-hydrogen) atoms. The molecule has 5 heteroatoms. The Kier molecular flexibility index (Phi) is 6.46. The molecule has 0 aromatic rings. The summed E-state index contributed by atoms with van der Waals surface area (Å²) in [5.41, 5.74) is -0.802. The van der Waals surface area contributed by atoms with E-state index in [9.17, 15) is 9.90 Å². The lowest BCUT2D eigenvalue weighted by Gasteiger charge is -2.29. The van der Waals surface area contributed by atoms with E-state index in [1.807, 2.05) is 0 Å². The largest absolute Gasteiger partial charge is 0.361 e. The Balaban J connectivity index is 2.50. The number of ether oxygens (including phenoxy) is 3. The van der Waals surface area contributed by atoms with Gasteiger partial charge in [-0.3, -0.25) is 4.79 Å². The molecule has 0 spiro atoms. The third-order valence-corrected chi connectivity index (χ3v) is 2.60. The summed E-state index contributed by atoms with van der Waals surface area (Å²) in [5, 5.41) is 9.30. The van der Waals surface area contributed by atoms with Crippen molar-refractivity contribution in [3.63, 3.8) is 0 Å². The van der Waals surface area contributed by atoms with Gasteiger partial charge in [-0.1, -0.05) is 5.92 Å². The minimum absolute atomic E-state index is 0.254. The summed E-state index contributed by atoms with van der Waals surface area (Å²) in [4.78, 5) is 11.4. The van der Waals surface area contributed by atoms with Crippen LogP contribution in [0.5, 0.6) is 0 Å². The Morgan fingerprint density at radius 1 is 1.53 bits per heavy atom. The maximum atomic E-state index is 11.4. The van der Waals surface area contributed by atoms with Crippen LogP contribution in [0.4, 0.5) is 0 Å². The highest BCUT2D eigenvalue weighted by Crippen LogP contribution is 2.20. The highest BCUT2D eigenvalue weighted by Gasteiger charge is 2.24. The summed E-state index contributed by atoms with van der Waals surface area (Å²) in [6, 6.07) is 0. The van der Waals surface area contributed by atoms with Crippen LogP contribution in [0.2, 0.25) is 0 Å². The van der Waals surface area contributed by atoms with Gasteiger partial charge < -0.3 is 19.3 Å². The summed E-state index contributed by atoms with van der Waals surface area (Å²) in [5.74, 6) is 4.39. The van der Waals surface area contributed by atoms with Crippen LogP contribution in [0, 0.1) is 11.8 Å². The molecule has 0 aromatic heterocycles. The molecule has 1 aliphatic rings. The summed E-state index contributed by atoms with van der Waals surface area (Å²) in [6.45, 7) is 6.16. The number of aliphatic hydroxyl groups excluding tert-OH is 1. The van der Waals surface area contributed by atoms with Gasteiger partial charge >= 0.3 is 0 Å². The zero-order valence-electron chi connectivity index (χ0n) is 11.8. The first kappa shape index (κ1) is 16.1. The smallest absolute Gasteiger partial charge is 0.261 e. The van der Waals surface area contributed by atoms with Crippen molar-refractivity contribution >= 4 is 5.78 Å². The molecule has 1 saturated heterocycles. The van der Waals surface area contributed by atoms with Crippen molar-refractivity contribution in [2.24, 2.45) is 0 Å². The van der Waals surface area contributed by atoms with Crippen LogP contribution in [0.15, 0.2) is 0 Å². The molecule has 2 atom stereocenters. The normalized spacial score (nSPS) is 21.4. The van der Waals surface area contributed by atoms with Gasteiger partial charge in [0.15, 0.2) is 6.29 Å². The Hall–Kier alpha value is -0.930. The van der Waals surface area contributed by atoms with Crippen molar-refractivity contribution in [2.75, 3.05) is 13.2 Å². The van der Waals surface area contributed by atoms with E-state index in [0.717, 1.165) is 19.3 Å². The van der Waals surface area contributed by atoms with Crippen LogP contribution < -0.4 is 0 Å². The average Bonchev–Trinajstić information content (AvgIpc) is 2.37. The van der Waals surface area contributed by atoms with E-state index in [2.05, 4.69) is 11.8 Å². The zero-order chi connectivity index (χ0) is 14.3. The third-order valence-electron chi connectivity index (χ3n) is 2.60. The van der Waals surface area contributed by atoms with Gasteiger partial charge in [0.1, 0.15) is 5.60 Å². The van der Waals surface area contributed by atoms with Gasteiger partial charge in [0, 0.05) is 13.2 Å². The monoisotopic (exact) mass is 270 g/mol. The molecular formula is C14H22O5. The number of Topliss-reactive ketones (excluding diaryl/α,β-unsaturated/α-hetero) is 1. The molecule has 1 aliphatic heterocycles. The van der Waals surface area contributed by atoms with Crippen molar-refractivity contribution in [2.45, 2.75) is 58.2 Å². The lowest BCUT2D eigenvalue weighted by atomic mass is 10.1. The maximum Gasteiger partial charge on any atom is 0.261 e. The second kappa shape index (κ2) is 7.61. The summed E-state index contributed by atoms with van der Waals surface area (Å²) >= 11 is 0. The van der Waals surface area contributed by atoms with Crippen molar-refractivity contribution in [1.82, 2.24) is 0 Å². The topological polar surface area (TPSA) is 65.0 Å². The Morgan fingerprint density at radius 3 is 2.84 bits per heavy atom. The van der Waals surface area contributed by atoms with Gasteiger partial charge in [-0.05, 0) is 46.0 Å². The molecule has 1 rings (SSSR count). The van der Waals surface area contributed by atoms with Gasteiger partial charge in [0.25, 0.3) is 5.78 Å². The minimum Gasteiger partial charge on any atom is -0.361 e. The van der Waals surface area contributed by atoms with Crippen molar-refractivity contribution in [1.29, 1.82) is 0 Å². The predicted octanol–water partition coefficient (Wildman–Crippen LogP) is 1.24. The lowest BCUT2D eigenvalue weighted by Crippen LogP contribution is -2.33. The first-order chi connectivity index (χ1) is 8.94. The molecule has 108 valence electrons. The standard InChI is InChI=1S/C14H22O5/c1-4-17-13(16)11(15)8-9-14(2,3)19-12-7-5-6-10-18-12/h12-13,16H,4-7,10H2,1-3H3. The molecule has 5 nitrogen and oxygen atoms in total. The Bertz CT molecular complexity index is 347. The van der Waals surface area contributed by atoms with Crippen molar-refractivity contribution < 1.29 is 24.1 Å². The summed E-state index contributed by atoms with van der Waals surface area (Å²) < 4.78 is 15.9. The van der Waals surface area contributed by atoms with Gasteiger partial charge in [-0.2, -0.15) is 0 Å².